The first-order chi connectivity index (χ1) is 8.74. The summed E-state index contributed by atoms with van der Waals surface area (Å²) >= 11 is -0.0535. The summed E-state index contributed by atoms with van der Waals surface area (Å²) in [4.78, 5) is 16.5. The van der Waals surface area contributed by atoms with E-state index in [1.807, 2.05) is 24.3 Å². The van der Waals surface area contributed by atoms with Crippen molar-refractivity contribution < 1.29 is 9.18 Å². The fourth-order valence-electron chi connectivity index (χ4n) is 1.69. The molecule has 0 bridgehead atoms. The van der Waals surface area contributed by atoms with Crippen LogP contribution in [-0.2, 0) is 0 Å². The molecule has 88 valence electrons. The number of nitrogens with zero attached hydrogens (tertiary/aromatic N) is 1. The van der Waals surface area contributed by atoms with Crippen molar-refractivity contribution in [2.24, 2.45) is 0 Å². The molecule has 2 nitrogen and oxygen atoms in total. The minimum absolute atomic E-state index is 0.0535. The van der Waals surface area contributed by atoms with E-state index in [1.54, 1.807) is 0 Å². The van der Waals surface area contributed by atoms with E-state index in [-0.39, 0.29) is 26.1 Å². The second kappa shape index (κ2) is 4.48. The Morgan fingerprint density at radius 1 is 1.06 bits per heavy atom. The van der Waals surface area contributed by atoms with Crippen molar-refractivity contribution in [3.63, 3.8) is 0 Å². The van der Waals surface area contributed by atoms with Crippen LogP contribution in [-0.4, -0.2) is 25.3 Å². The summed E-state index contributed by atoms with van der Waals surface area (Å²) in [5.41, 5.74) is 1.37. The third kappa shape index (κ3) is 2.01. The second-order valence-electron chi connectivity index (χ2n) is 3.82. The predicted octanol–water partition coefficient (Wildman–Crippen LogP) is 2.66. The number of benzene rings is 2. The molecule has 0 unspecified atom stereocenters. The molecule has 0 saturated heterocycles. The van der Waals surface area contributed by atoms with Crippen LogP contribution < -0.4 is 0 Å². The van der Waals surface area contributed by atoms with Crippen molar-refractivity contribution >= 4 is 30.1 Å². The Bertz CT molecular complexity index is 685. The Morgan fingerprint density at radius 3 is 2.50 bits per heavy atom. The predicted molar refractivity (Wildman–Crippen MR) is 68.5 cm³/mol. The Kier molecular flexibility index (Phi) is 2.82. The molecule has 0 N–H and O–H groups in total. The summed E-state index contributed by atoms with van der Waals surface area (Å²) in [5.74, 6) is -0.445. The third-order valence-corrected chi connectivity index (χ3v) is 4.77. The van der Waals surface area contributed by atoms with Gasteiger partial charge in [0.25, 0.3) is 0 Å². The number of rotatable bonds is 2. The molecule has 0 fully saturated rings. The third-order valence-electron chi connectivity index (χ3n) is 2.59. The molecule has 18 heavy (non-hydrogen) atoms. The zero-order chi connectivity index (χ0) is 12.5. The maximum absolute atomic E-state index is 12.8. The van der Waals surface area contributed by atoms with Gasteiger partial charge in [-0.05, 0) is 0 Å². The Morgan fingerprint density at radius 2 is 1.78 bits per heavy atom. The van der Waals surface area contributed by atoms with Gasteiger partial charge in [0.2, 0.25) is 0 Å². The van der Waals surface area contributed by atoms with E-state index in [0.29, 0.717) is 10.1 Å². The quantitative estimate of drug-likeness (QED) is 0.538. The zero-order valence-corrected chi connectivity index (χ0v) is 11.0. The van der Waals surface area contributed by atoms with Crippen LogP contribution in [0.3, 0.4) is 0 Å². The molecule has 0 aliphatic heterocycles. The number of carbonyl (C=O) groups excluding carboxylic acids is 1. The Labute approximate surface area is 109 Å². The number of para-hydroxylation sites is 1. The van der Waals surface area contributed by atoms with Gasteiger partial charge < -0.3 is 0 Å². The second-order valence-corrected chi connectivity index (χ2v) is 5.99. The van der Waals surface area contributed by atoms with E-state index in [1.165, 1.54) is 24.3 Å². The molecule has 4 heteroatoms. The normalized spacial score (nSPS) is 10.7. The molecule has 2 aromatic carbocycles. The summed E-state index contributed by atoms with van der Waals surface area (Å²) in [6, 6.07) is 13.3. The Balaban J connectivity index is 2.03. The van der Waals surface area contributed by atoms with Crippen LogP contribution in [0.15, 0.2) is 48.5 Å². The molecular weight excluding hydrogens is 296 g/mol. The van der Waals surface area contributed by atoms with E-state index < -0.39 is 0 Å². The molecule has 0 spiro atoms. The first-order valence-electron chi connectivity index (χ1n) is 5.40. The van der Waals surface area contributed by atoms with Gasteiger partial charge in [-0.25, -0.2) is 0 Å². The number of ketones is 1. The topological polar surface area (TPSA) is 30.0 Å². The molecule has 0 saturated carbocycles. The van der Waals surface area contributed by atoms with E-state index in [4.69, 9.17) is 0 Å². The van der Waals surface area contributed by atoms with Gasteiger partial charge in [0.05, 0.1) is 0 Å². The van der Waals surface area contributed by atoms with Crippen molar-refractivity contribution in [1.29, 1.82) is 0 Å². The number of carbonyl (C=O) groups is 1. The number of fused-ring (bicyclic) bond motifs is 1. The zero-order valence-electron chi connectivity index (χ0n) is 9.26. The van der Waals surface area contributed by atoms with Crippen LogP contribution in [0.25, 0.3) is 9.78 Å². The number of aromatic nitrogens is 1. The van der Waals surface area contributed by atoms with E-state index in [0.717, 1.165) is 9.78 Å². The molecule has 0 atom stereocenters. The molecule has 0 radical (unpaired) electrons. The average Bonchev–Trinajstić information content (AvgIpc) is 2.82. The monoisotopic (exact) mass is 305 g/mol. The molecule has 3 aromatic rings. The number of halogens is 1. The molecular formula is C14H8FNOSe. The van der Waals surface area contributed by atoms with Gasteiger partial charge in [0, 0.05) is 0 Å². The van der Waals surface area contributed by atoms with Crippen molar-refractivity contribution in [2.45, 2.75) is 0 Å². The van der Waals surface area contributed by atoms with Crippen LogP contribution in [0.4, 0.5) is 4.39 Å². The van der Waals surface area contributed by atoms with Gasteiger partial charge in [0.1, 0.15) is 0 Å². The summed E-state index contributed by atoms with van der Waals surface area (Å²) in [5, 5.41) is 0. The van der Waals surface area contributed by atoms with Crippen molar-refractivity contribution in [1.82, 2.24) is 4.98 Å². The summed E-state index contributed by atoms with van der Waals surface area (Å²) < 4.78 is 14.5. The van der Waals surface area contributed by atoms with Crippen LogP contribution in [0.2, 0.25) is 0 Å². The first kappa shape index (κ1) is 11.3. The summed E-state index contributed by atoms with van der Waals surface area (Å²) in [6.07, 6.45) is 0. The van der Waals surface area contributed by atoms with E-state index >= 15 is 0 Å². The summed E-state index contributed by atoms with van der Waals surface area (Å²) in [7, 11) is 0. The first-order valence-corrected chi connectivity index (χ1v) is 7.11. The van der Waals surface area contributed by atoms with Crippen molar-refractivity contribution in [3.05, 3.63) is 64.5 Å². The van der Waals surface area contributed by atoms with Crippen LogP contribution in [0.5, 0.6) is 0 Å². The fourth-order valence-corrected chi connectivity index (χ4v) is 3.64. The molecule has 3 rings (SSSR count). The van der Waals surface area contributed by atoms with Gasteiger partial charge in [-0.15, -0.1) is 0 Å². The SMILES string of the molecule is O=C(c1ccc(F)cc1)c1nc2ccccc2[se]1. The van der Waals surface area contributed by atoms with Gasteiger partial charge in [-0.1, -0.05) is 0 Å². The van der Waals surface area contributed by atoms with Gasteiger partial charge in [-0.2, -0.15) is 0 Å². The summed E-state index contributed by atoms with van der Waals surface area (Å²) in [6.45, 7) is 0. The van der Waals surface area contributed by atoms with Gasteiger partial charge in [-0.3, -0.25) is 0 Å². The van der Waals surface area contributed by atoms with Crippen LogP contribution in [0.1, 0.15) is 14.9 Å². The van der Waals surface area contributed by atoms with Crippen LogP contribution in [0, 0.1) is 5.82 Å². The van der Waals surface area contributed by atoms with E-state index in [2.05, 4.69) is 4.98 Å². The van der Waals surface area contributed by atoms with Gasteiger partial charge in [0.15, 0.2) is 0 Å². The van der Waals surface area contributed by atoms with Crippen molar-refractivity contribution in [3.8, 4) is 0 Å². The molecule has 0 amide bonds. The van der Waals surface area contributed by atoms with Gasteiger partial charge >= 0.3 is 109 Å². The Hall–Kier alpha value is -1.77. The number of hydrogen-bond donors (Lipinski definition) is 0. The van der Waals surface area contributed by atoms with Crippen LogP contribution >= 0.6 is 0 Å². The average molecular weight is 304 g/mol. The molecule has 1 aromatic heterocycles. The van der Waals surface area contributed by atoms with E-state index in [9.17, 15) is 9.18 Å². The minimum atomic E-state index is -0.339. The standard InChI is InChI=1S/C14H8FNOSe/c15-10-7-5-9(6-8-10)13(17)14-16-11-3-1-2-4-12(11)18-14/h1-8H. The van der Waals surface area contributed by atoms with Crippen molar-refractivity contribution in [2.75, 3.05) is 0 Å². The molecule has 0 aliphatic rings. The number of hydrogen-bond acceptors (Lipinski definition) is 2. The maximum atomic E-state index is 12.8. The fraction of sp³-hybridized carbons (Fsp3) is 0. The molecule has 1 heterocycles. The molecule has 0 aliphatic carbocycles.